The highest BCUT2D eigenvalue weighted by atomic mass is 32.2. The maximum atomic E-state index is 12.5. The van der Waals surface area contributed by atoms with Crippen molar-refractivity contribution < 1.29 is 9.53 Å². The van der Waals surface area contributed by atoms with Crippen molar-refractivity contribution in [3.8, 4) is 5.75 Å². The van der Waals surface area contributed by atoms with Gasteiger partial charge < -0.3 is 4.74 Å². The number of hydrogen-bond donors (Lipinski definition) is 0. The molecule has 0 unspecified atom stereocenters. The Labute approximate surface area is 131 Å². The first-order valence-corrected chi connectivity index (χ1v) is 8.79. The van der Waals surface area contributed by atoms with Crippen molar-refractivity contribution in [3.05, 3.63) is 34.7 Å². The van der Waals surface area contributed by atoms with Crippen molar-refractivity contribution in [2.75, 3.05) is 6.61 Å². The van der Waals surface area contributed by atoms with Gasteiger partial charge in [0.05, 0.1) is 11.5 Å². The lowest BCUT2D eigenvalue weighted by atomic mass is 9.87. The van der Waals surface area contributed by atoms with Crippen LogP contribution < -0.4 is 4.74 Å². The van der Waals surface area contributed by atoms with Gasteiger partial charge in [-0.3, -0.25) is 4.79 Å². The Morgan fingerprint density at radius 1 is 1.29 bits per heavy atom. The molecule has 0 spiro atoms. The lowest BCUT2D eigenvalue weighted by Crippen LogP contribution is -2.05. The molecule has 1 saturated carbocycles. The Kier molecular flexibility index (Phi) is 4.69. The second-order valence-electron chi connectivity index (χ2n) is 5.83. The first-order valence-electron chi connectivity index (χ1n) is 7.97. The maximum Gasteiger partial charge on any atom is 0.200 e. The van der Waals surface area contributed by atoms with Crippen LogP contribution in [0.15, 0.2) is 34.1 Å². The van der Waals surface area contributed by atoms with Crippen molar-refractivity contribution in [1.82, 2.24) is 0 Å². The molecule has 112 valence electrons. The zero-order valence-electron chi connectivity index (χ0n) is 12.6. The second kappa shape index (κ2) is 6.69. The molecule has 1 aliphatic heterocycles. The van der Waals surface area contributed by atoms with E-state index in [1.54, 1.807) is 11.8 Å². The van der Waals surface area contributed by atoms with Crippen LogP contribution >= 0.6 is 11.8 Å². The normalized spacial score (nSPS) is 20.8. The van der Waals surface area contributed by atoms with E-state index in [4.69, 9.17) is 4.74 Å². The molecule has 0 atom stereocenters. The molecule has 2 nitrogen and oxygen atoms in total. The molecule has 1 aromatic carbocycles. The molecule has 1 aliphatic carbocycles. The van der Waals surface area contributed by atoms with Crippen molar-refractivity contribution in [2.24, 2.45) is 5.92 Å². The number of rotatable bonds is 4. The summed E-state index contributed by atoms with van der Waals surface area (Å²) in [4.78, 5) is 14.5. The van der Waals surface area contributed by atoms with Crippen LogP contribution in [0.5, 0.6) is 5.75 Å². The highest BCUT2D eigenvalue weighted by molar-refractivity contribution is 8.04. The minimum atomic E-state index is 0.173. The van der Waals surface area contributed by atoms with Gasteiger partial charge in [-0.15, -0.1) is 0 Å². The lowest BCUT2D eigenvalue weighted by molar-refractivity contribution is 0.104. The zero-order chi connectivity index (χ0) is 14.7. The number of carbonyl (C=O) groups excluding carboxylic acids is 1. The minimum absolute atomic E-state index is 0.173. The predicted molar refractivity (Wildman–Crippen MR) is 87.1 cm³/mol. The van der Waals surface area contributed by atoms with Gasteiger partial charge in [0.2, 0.25) is 5.78 Å². The van der Waals surface area contributed by atoms with E-state index in [0.717, 1.165) is 33.5 Å². The fourth-order valence-corrected chi connectivity index (χ4v) is 4.18. The highest BCUT2D eigenvalue weighted by Gasteiger charge is 2.26. The summed E-state index contributed by atoms with van der Waals surface area (Å²) < 4.78 is 5.49. The average Bonchev–Trinajstić information content (AvgIpc) is 2.83. The standard InChI is InChI=1S/C18H22O2S/c1-2-20-14-9-11-16-15(12-14)18(19)17(21-16)10-8-13-6-4-3-5-7-13/h9-13H,2-8H2,1H3/b17-10-. The van der Waals surface area contributed by atoms with Gasteiger partial charge >= 0.3 is 0 Å². The van der Waals surface area contributed by atoms with Crippen molar-refractivity contribution in [2.45, 2.75) is 50.3 Å². The molecular weight excluding hydrogens is 280 g/mol. The Hall–Kier alpha value is -1.22. The third kappa shape index (κ3) is 3.34. The van der Waals surface area contributed by atoms with Crippen LogP contribution in [0.25, 0.3) is 0 Å². The fourth-order valence-electron chi connectivity index (χ4n) is 3.16. The number of allylic oxidation sites excluding steroid dienone is 2. The van der Waals surface area contributed by atoms with E-state index in [1.807, 2.05) is 25.1 Å². The van der Waals surface area contributed by atoms with Crippen molar-refractivity contribution in [3.63, 3.8) is 0 Å². The van der Waals surface area contributed by atoms with Gasteiger partial charge in [-0.25, -0.2) is 0 Å². The minimum Gasteiger partial charge on any atom is -0.494 e. The molecule has 3 rings (SSSR count). The van der Waals surface area contributed by atoms with Crippen LogP contribution in [0.1, 0.15) is 55.8 Å². The average molecular weight is 302 g/mol. The molecule has 1 fully saturated rings. The molecule has 3 heteroatoms. The van der Waals surface area contributed by atoms with Gasteiger partial charge in [-0.05, 0) is 37.5 Å². The van der Waals surface area contributed by atoms with Gasteiger partial charge in [0, 0.05) is 10.5 Å². The Bertz CT molecular complexity index is 556. The number of Topliss-reactive ketones (excluding diaryl/α,β-unsaturated/α-hetero) is 1. The predicted octanol–water partition coefficient (Wildman–Crippen LogP) is 5.23. The van der Waals surface area contributed by atoms with Crippen LogP contribution in [0.2, 0.25) is 0 Å². The van der Waals surface area contributed by atoms with Gasteiger partial charge in [-0.2, -0.15) is 0 Å². The highest BCUT2D eigenvalue weighted by Crippen LogP contribution is 2.42. The van der Waals surface area contributed by atoms with Gasteiger partial charge in [0.1, 0.15) is 5.75 Å². The number of fused-ring (bicyclic) bond motifs is 1. The maximum absolute atomic E-state index is 12.5. The van der Waals surface area contributed by atoms with E-state index in [0.29, 0.717) is 6.61 Å². The van der Waals surface area contributed by atoms with E-state index in [1.165, 1.54) is 32.1 Å². The summed E-state index contributed by atoms with van der Waals surface area (Å²) in [6.07, 6.45) is 9.96. The Morgan fingerprint density at radius 3 is 2.86 bits per heavy atom. The van der Waals surface area contributed by atoms with Crippen LogP contribution in [0.3, 0.4) is 0 Å². The number of ether oxygens (including phenoxy) is 1. The van der Waals surface area contributed by atoms with Gasteiger partial charge in [-0.1, -0.05) is 49.9 Å². The summed E-state index contributed by atoms with van der Waals surface area (Å²) in [6.45, 7) is 2.59. The van der Waals surface area contributed by atoms with E-state index in [9.17, 15) is 4.79 Å². The summed E-state index contributed by atoms with van der Waals surface area (Å²) >= 11 is 1.62. The molecule has 0 bridgehead atoms. The van der Waals surface area contributed by atoms with Crippen molar-refractivity contribution in [1.29, 1.82) is 0 Å². The summed E-state index contributed by atoms with van der Waals surface area (Å²) in [5.41, 5.74) is 0.806. The topological polar surface area (TPSA) is 26.3 Å². The number of thioether (sulfide) groups is 1. The Morgan fingerprint density at radius 2 is 2.10 bits per heavy atom. The van der Waals surface area contributed by atoms with E-state index in [2.05, 4.69) is 6.08 Å². The fraction of sp³-hybridized carbons (Fsp3) is 0.500. The summed E-state index contributed by atoms with van der Waals surface area (Å²) in [5, 5.41) is 0. The van der Waals surface area contributed by atoms with Crippen LogP contribution in [0.4, 0.5) is 0 Å². The molecule has 1 aromatic rings. The van der Waals surface area contributed by atoms with Crippen LogP contribution in [-0.2, 0) is 0 Å². The summed E-state index contributed by atoms with van der Waals surface area (Å²) in [7, 11) is 0. The third-order valence-electron chi connectivity index (χ3n) is 4.31. The molecule has 0 saturated heterocycles. The summed E-state index contributed by atoms with van der Waals surface area (Å²) in [6, 6.07) is 5.84. The van der Waals surface area contributed by atoms with Crippen LogP contribution in [-0.4, -0.2) is 12.4 Å². The number of benzene rings is 1. The largest absolute Gasteiger partial charge is 0.494 e. The summed E-state index contributed by atoms with van der Waals surface area (Å²) in [5.74, 6) is 1.74. The SMILES string of the molecule is CCOc1ccc2c(c1)C(=O)/C(=C/CC1CCCCC1)S2. The lowest BCUT2D eigenvalue weighted by Gasteiger charge is -2.19. The third-order valence-corrected chi connectivity index (χ3v) is 5.46. The van der Waals surface area contributed by atoms with E-state index < -0.39 is 0 Å². The smallest absolute Gasteiger partial charge is 0.200 e. The number of ketones is 1. The zero-order valence-corrected chi connectivity index (χ0v) is 13.4. The van der Waals surface area contributed by atoms with Crippen molar-refractivity contribution >= 4 is 17.5 Å². The number of carbonyl (C=O) groups is 1. The van der Waals surface area contributed by atoms with Gasteiger partial charge in [0.15, 0.2) is 0 Å². The first-order chi connectivity index (χ1) is 10.3. The molecule has 0 aromatic heterocycles. The van der Waals surface area contributed by atoms with E-state index in [-0.39, 0.29) is 5.78 Å². The quantitative estimate of drug-likeness (QED) is 0.713. The molecule has 2 aliphatic rings. The second-order valence-corrected chi connectivity index (χ2v) is 6.91. The number of hydrogen-bond acceptors (Lipinski definition) is 3. The monoisotopic (exact) mass is 302 g/mol. The molecule has 21 heavy (non-hydrogen) atoms. The molecular formula is C18H22O2S. The molecule has 0 amide bonds. The van der Waals surface area contributed by atoms with E-state index >= 15 is 0 Å². The van der Waals surface area contributed by atoms with Gasteiger partial charge in [0.25, 0.3) is 0 Å². The Balaban J connectivity index is 1.70. The first kappa shape index (κ1) is 14.7. The molecule has 0 radical (unpaired) electrons. The molecule has 0 N–H and O–H groups in total. The van der Waals surface area contributed by atoms with Crippen LogP contribution in [0, 0.1) is 5.92 Å². The molecule has 1 heterocycles.